The molecule has 4 aromatic heterocycles. The largest absolute Gasteiger partial charge is 0.393 e. The van der Waals surface area contributed by atoms with Gasteiger partial charge in [0.2, 0.25) is 5.91 Å². The van der Waals surface area contributed by atoms with Gasteiger partial charge in [-0.3, -0.25) is 9.69 Å². The molecule has 14 heteroatoms. The lowest BCUT2D eigenvalue weighted by atomic mass is 9.84. The van der Waals surface area contributed by atoms with E-state index < -0.39 is 18.0 Å². The van der Waals surface area contributed by atoms with Gasteiger partial charge in [0.25, 0.3) is 0 Å². The highest BCUT2D eigenvalue weighted by molar-refractivity contribution is 7.18. The summed E-state index contributed by atoms with van der Waals surface area (Å²) in [4.78, 5) is 27.6. The highest BCUT2D eigenvalue weighted by atomic mass is 32.1. The third-order valence-electron chi connectivity index (χ3n) is 9.22. The average Bonchev–Trinajstić information content (AvgIpc) is 3.67. The number of carbonyl (C=O) groups is 1. The van der Waals surface area contributed by atoms with E-state index in [1.54, 1.807) is 25.3 Å². The van der Waals surface area contributed by atoms with E-state index in [9.17, 15) is 28.5 Å². The second-order valence-corrected chi connectivity index (χ2v) is 13.8. The summed E-state index contributed by atoms with van der Waals surface area (Å²) in [6.45, 7) is 9.88. The molecule has 1 aliphatic heterocycles. The number of thiophene rings is 1. The van der Waals surface area contributed by atoms with Crippen LogP contribution in [0, 0.1) is 29.6 Å². The standard InChI is InChI=1S/C36H34F3N9OS/c1-4-32(49)46-31-8-6-24(17-42-31)35(3,19-41)20-48-26(16-40)13-28-22(2)23(5-7-30(28)48)18-47-11-9-25(10-12-47)45-33-29-14-27(15-36(37,38)39)50-34(29)44-21-43-33/h4-8,13-14,17,21,25H,1,9-12,15,18,20H2,2-3H3,(H,42,46,49)(H,43,44,45). The van der Waals surface area contributed by atoms with E-state index in [0.717, 1.165) is 71.9 Å². The zero-order valence-corrected chi connectivity index (χ0v) is 28.3. The number of nitriles is 2. The Hall–Kier alpha value is -5.31. The van der Waals surface area contributed by atoms with Gasteiger partial charge >= 0.3 is 6.18 Å². The average molecular weight is 698 g/mol. The topological polar surface area (TPSA) is 136 Å². The quantitative estimate of drug-likeness (QED) is 0.149. The maximum atomic E-state index is 13.0. The van der Waals surface area contributed by atoms with Crippen LogP contribution < -0.4 is 10.6 Å². The van der Waals surface area contributed by atoms with Gasteiger partial charge < -0.3 is 15.2 Å². The van der Waals surface area contributed by atoms with Crippen molar-refractivity contribution in [2.45, 2.75) is 63.8 Å². The highest BCUT2D eigenvalue weighted by Gasteiger charge is 2.31. The Kier molecular flexibility index (Phi) is 9.60. The van der Waals surface area contributed by atoms with Crippen LogP contribution in [0.4, 0.5) is 24.8 Å². The zero-order valence-electron chi connectivity index (χ0n) is 27.5. The van der Waals surface area contributed by atoms with E-state index >= 15 is 0 Å². The van der Waals surface area contributed by atoms with Gasteiger partial charge in [-0.05, 0) is 73.7 Å². The first kappa shape index (κ1) is 34.5. The van der Waals surface area contributed by atoms with Gasteiger partial charge in [-0.1, -0.05) is 18.7 Å². The molecular weight excluding hydrogens is 664 g/mol. The van der Waals surface area contributed by atoms with Crippen molar-refractivity contribution in [1.82, 2.24) is 24.4 Å². The fourth-order valence-corrected chi connectivity index (χ4v) is 7.44. The molecule has 10 nitrogen and oxygen atoms in total. The molecule has 1 fully saturated rings. The number of alkyl halides is 3. The number of nitrogens with one attached hydrogen (secondary N) is 2. The van der Waals surface area contributed by atoms with Crippen LogP contribution in [0.25, 0.3) is 21.1 Å². The minimum Gasteiger partial charge on any atom is -0.367 e. The van der Waals surface area contributed by atoms with Gasteiger partial charge in [0, 0.05) is 54.2 Å². The van der Waals surface area contributed by atoms with Crippen molar-refractivity contribution in [3.05, 3.63) is 88.8 Å². The Morgan fingerprint density at radius 1 is 1.12 bits per heavy atom. The second-order valence-electron chi connectivity index (χ2n) is 12.7. The van der Waals surface area contributed by atoms with Crippen LogP contribution in [-0.4, -0.2) is 55.6 Å². The molecule has 5 aromatic rings. The van der Waals surface area contributed by atoms with E-state index in [0.29, 0.717) is 33.1 Å². The number of carbonyl (C=O) groups excluding carboxylic acids is 1. The van der Waals surface area contributed by atoms with Crippen LogP contribution in [0.3, 0.4) is 0 Å². The fourth-order valence-electron chi connectivity index (χ4n) is 6.41. The second kappa shape index (κ2) is 13.9. The van der Waals surface area contributed by atoms with Crippen LogP contribution in [-0.2, 0) is 29.7 Å². The summed E-state index contributed by atoms with van der Waals surface area (Å²) in [7, 11) is 0. The fraction of sp³-hybridized carbons (Fsp3) is 0.333. The number of hydrogen-bond donors (Lipinski definition) is 2. The normalized spacial score (nSPS) is 15.3. The van der Waals surface area contributed by atoms with Crippen LogP contribution in [0.1, 0.15) is 47.0 Å². The molecule has 0 aliphatic carbocycles. The molecular formula is C36H34F3N9OS. The van der Waals surface area contributed by atoms with E-state index in [-0.39, 0.29) is 23.4 Å². The summed E-state index contributed by atoms with van der Waals surface area (Å²) < 4.78 is 40.8. The number of fused-ring (bicyclic) bond motifs is 2. The van der Waals surface area contributed by atoms with Crippen LogP contribution in [0.15, 0.2) is 61.6 Å². The van der Waals surface area contributed by atoms with Crippen LogP contribution in [0.2, 0.25) is 0 Å². The summed E-state index contributed by atoms with van der Waals surface area (Å²) in [6.07, 6.45) is 0.518. The minimum atomic E-state index is -4.28. The number of aryl methyl sites for hydroxylation is 1. The molecule has 0 saturated carbocycles. The molecule has 1 saturated heterocycles. The Balaban J connectivity index is 1.14. The van der Waals surface area contributed by atoms with Gasteiger partial charge in [-0.15, -0.1) is 11.3 Å². The van der Waals surface area contributed by atoms with Crippen molar-refractivity contribution in [3.8, 4) is 12.1 Å². The number of hydrogen-bond acceptors (Lipinski definition) is 9. The molecule has 0 spiro atoms. The number of anilines is 2. The number of rotatable bonds is 10. The number of benzene rings is 1. The van der Waals surface area contributed by atoms with Crippen molar-refractivity contribution < 1.29 is 18.0 Å². The lowest BCUT2D eigenvalue weighted by molar-refractivity contribution is -0.126. The smallest absolute Gasteiger partial charge is 0.367 e. The molecule has 2 N–H and O–H groups in total. The highest BCUT2D eigenvalue weighted by Crippen LogP contribution is 2.34. The van der Waals surface area contributed by atoms with Crippen molar-refractivity contribution in [2.75, 3.05) is 23.7 Å². The summed E-state index contributed by atoms with van der Waals surface area (Å²) in [5.74, 6) is 0.528. The lowest BCUT2D eigenvalue weighted by Crippen LogP contribution is -2.39. The number of nitrogens with zero attached hydrogens (tertiary/aromatic N) is 7. The first-order chi connectivity index (χ1) is 23.9. The number of amides is 1. The van der Waals surface area contributed by atoms with E-state index in [1.807, 2.05) is 16.7 Å². The summed E-state index contributed by atoms with van der Waals surface area (Å²) in [6, 6.07) is 15.7. The first-order valence-electron chi connectivity index (χ1n) is 16.0. The number of halogens is 3. The molecule has 1 aromatic carbocycles. The molecule has 1 amide bonds. The zero-order chi connectivity index (χ0) is 35.6. The van der Waals surface area contributed by atoms with Gasteiger partial charge in [0.05, 0.1) is 23.3 Å². The molecule has 0 bridgehead atoms. The molecule has 50 heavy (non-hydrogen) atoms. The molecule has 1 aliphatic rings. The summed E-state index contributed by atoms with van der Waals surface area (Å²) in [5, 5.41) is 28.0. The Morgan fingerprint density at radius 2 is 1.90 bits per heavy atom. The lowest BCUT2D eigenvalue weighted by Gasteiger charge is -2.33. The maximum Gasteiger partial charge on any atom is 0.393 e. The number of likely N-dealkylation sites (tertiary alicyclic amines) is 1. The van der Waals surface area contributed by atoms with Crippen molar-refractivity contribution >= 4 is 50.0 Å². The number of pyridine rings is 1. The SMILES string of the molecule is C=CC(=O)Nc1ccc(C(C)(C#N)Cn2c(C#N)cc3c(C)c(CN4CCC(Nc5ncnc6sc(CC(F)(F)F)cc56)CC4)ccc32)cn1. The van der Waals surface area contributed by atoms with Crippen molar-refractivity contribution in [2.24, 2.45) is 0 Å². The van der Waals surface area contributed by atoms with Crippen LogP contribution in [0.5, 0.6) is 0 Å². The van der Waals surface area contributed by atoms with E-state index in [2.05, 4.69) is 62.2 Å². The van der Waals surface area contributed by atoms with Gasteiger partial charge in [-0.25, -0.2) is 15.0 Å². The van der Waals surface area contributed by atoms with Crippen molar-refractivity contribution in [3.63, 3.8) is 0 Å². The Labute approximate surface area is 290 Å². The number of aromatic nitrogens is 4. The van der Waals surface area contributed by atoms with E-state index in [4.69, 9.17) is 0 Å². The van der Waals surface area contributed by atoms with Gasteiger partial charge in [0.15, 0.2) is 0 Å². The number of piperidine rings is 1. The van der Waals surface area contributed by atoms with Crippen LogP contribution >= 0.6 is 11.3 Å². The molecule has 6 rings (SSSR count). The predicted octanol–water partition coefficient (Wildman–Crippen LogP) is 7.01. The predicted molar refractivity (Wildman–Crippen MR) is 187 cm³/mol. The monoisotopic (exact) mass is 697 g/mol. The van der Waals surface area contributed by atoms with E-state index in [1.165, 1.54) is 12.4 Å². The molecule has 5 heterocycles. The third kappa shape index (κ3) is 7.32. The maximum absolute atomic E-state index is 13.0. The minimum absolute atomic E-state index is 0.123. The van der Waals surface area contributed by atoms with Crippen molar-refractivity contribution in [1.29, 1.82) is 10.5 Å². The molecule has 0 radical (unpaired) electrons. The van der Waals surface area contributed by atoms with Gasteiger partial charge in [0.1, 0.15) is 34.6 Å². The molecule has 1 unspecified atom stereocenters. The Bertz CT molecular complexity index is 2150. The molecule has 256 valence electrons. The molecule has 1 atom stereocenters. The Morgan fingerprint density at radius 3 is 2.56 bits per heavy atom. The summed E-state index contributed by atoms with van der Waals surface area (Å²) >= 11 is 1.04. The third-order valence-corrected chi connectivity index (χ3v) is 10.3. The van der Waals surface area contributed by atoms with Gasteiger partial charge in [-0.2, -0.15) is 23.7 Å². The summed E-state index contributed by atoms with van der Waals surface area (Å²) in [5.41, 5.74) is 3.16. The first-order valence-corrected chi connectivity index (χ1v) is 16.8.